The first kappa shape index (κ1) is 46.7. The fraction of sp³-hybridized carbons (Fsp3) is 0.441. The zero-order chi connectivity index (χ0) is 50.6. The molecule has 6 aromatic carbocycles. The Morgan fingerprint density at radius 3 is 1.75 bits per heavy atom. The summed E-state index contributed by atoms with van der Waals surface area (Å²) < 4.78 is 2.92. The standard InChI is InChI=1S/C68H77BN2S/c1-62(2,3)44-33-56-59-57(34-44)71(45-21-20-42-30-40-18-16-17-19-41(40)31-43(42)32-45)60-47-36-50-53(68(14,15)29-26-65(50,8)9)39-58(47)72-61(60)69(59)54-37-51-52(67(12,13)28-27-66(51,10)11)38-55(54)70(56)46-22-23-48-49(35-46)64(6,7)25-24-63(48,4)5/h16-23,30-34,36-39,46H,24-29,35H2,1-15H3. The van der Waals surface area contributed by atoms with Crippen molar-refractivity contribution in [3.05, 3.63) is 142 Å². The molecule has 0 fully saturated rings. The molecule has 368 valence electrons. The molecule has 0 saturated carbocycles. The molecule has 0 amide bonds. The molecule has 3 heterocycles. The number of hydrogen-bond donors (Lipinski definition) is 0. The second kappa shape index (κ2) is 14.8. The van der Waals surface area contributed by atoms with E-state index in [1.807, 2.05) is 0 Å². The number of anilines is 5. The van der Waals surface area contributed by atoms with Crippen LogP contribution in [-0.4, -0.2) is 12.8 Å². The van der Waals surface area contributed by atoms with Gasteiger partial charge in [-0.25, -0.2) is 0 Å². The van der Waals surface area contributed by atoms with Crippen molar-refractivity contribution in [2.24, 2.45) is 10.8 Å². The van der Waals surface area contributed by atoms with Crippen LogP contribution in [0, 0.1) is 10.8 Å². The van der Waals surface area contributed by atoms with Gasteiger partial charge in [-0.2, -0.15) is 0 Å². The normalized spacial score (nSPS) is 22.6. The van der Waals surface area contributed by atoms with Gasteiger partial charge in [-0.15, -0.1) is 11.3 Å². The van der Waals surface area contributed by atoms with Crippen LogP contribution in [0.3, 0.4) is 0 Å². The molecule has 2 aliphatic heterocycles. The maximum absolute atomic E-state index is 2.89. The van der Waals surface area contributed by atoms with Crippen molar-refractivity contribution in [1.29, 1.82) is 0 Å². The highest BCUT2D eigenvalue weighted by atomic mass is 32.1. The van der Waals surface area contributed by atoms with E-state index in [2.05, 4.69) is 228 Å². The minimum Gasteiger partial charge on any atom is -0.335 e. The molecular formula is C68H77BN2S. The zero-order valence-corrected chi connectivity index (χ0v) is 47.0. The van der Waals surface area contributed by atoms with Gasteiger partial charge in [0.2, 0.25) is 0 Å². The molecule has 72 heavy (non-hydrogen) atoms. The van der Waals surface area contributed by atoms with Gasteiger partial charge < -0.3 is 9.80 Å². The van der Waals surface area contributed by atoms with Crippen molar-refractivity contribution in [3.63, 3.8) is 0 Å². The minimum atomic E-state index is -0.0953. The van der Waals surface area contributed by atoms with Crippen LogP contribution in [0.5, 0.6) is 0 Å². The SMILES string of the molecule is CC1(C)CCC(C)(C)C2=C1C=CC(N1c3cc4c(cc3B3c5sc6cc7c(cc6c5N(c5ccc6cc8ccccc8cc6c5)c5cc(C(C)(C)C)cc1c53)C(C)(C)CCC7(C)C)C(C)(C)CCC4(C)C)C2. The molecule has 0 saturated heterocycles. The van der Waals surface area contributed by atoms with Gasteiger partial charge in [-0.05, 0) is 203 Å². The monoisotopic (exact) mass is 965 g/mol. The summed E-state index contributed by atoms with van der Waals surface area (Å²) in [5, 5.41) is 6.56. The molecule has 0 bridgehead atoms. The summed E-state index contributed by atoms with van der Waals surface area (Å²) in [7, 11) is 0. The molecule has 4 heteroatoms. The van der Waals surface area contributed by atoms with Crippen LogP contribution < -0.4 is 25.5 Å². The van der Waals surface area contributed by atoms with Gasteiger partial charge >= 0.3 is 0 Å². The predicted molar refractivity (Wildman–Crippen MR) is 315 cm³/mol. The molecule has 4 aliphatic carbocycles. The number of nitrogens with zero attached hydrogens (tertiary/aromatic N) is 2. The minimum absolute atomic E-state index is 0.0707. The highest BCUT2D eigenvalue weighted by molar-refractivity contribution is 7.33. The second-order valence-corrected chi connectivity index (χ2v) is 29.6. The third-order valence-corrected chi connectivity index (χ3v) is 21.1. The summed E-state index contributed by atoms with van der Waals surface area (Å²) in [5.74, 6) is 0. The molecular weight excluding hydrogens is 888 g/mol. The number of benzene rings is 6. The fourth-order valence-electron chi connectivity index (χ4n) is 14.8. The van der Waals surface area contributed by atoms with Crippen molar-refractivity contribution in [3.8, 4) is 0 Å². The first-order chi connectivity index (χ1) is 33.7. The highest BCUT2D eigenvalue weighted by Crippen LogP contribution is 2.57. The number of hydrogen-bond acceptors (Lipinski definition) is 3. The van der Waals surface area contributed by atoms with E-state index in [9.17, 15) is 0 Å². The molecule has 1 unspecified atom stereocenters. The van der Waals surface area contributed by atoms with Crippen LogP contribution in [-0.2, 0) is 27.1 Å². The Balaban J connectivity index is 1.16. The van der Waals surface area contributed by atoms with Crippen molar-refractivity contribution in [2.75, 3.05) is 9.80 Å². The Hall–Kier alpha value is -5.06. The van der Waals surface area contributed by atoms with Crippen molar-refractivity contribution < 1.29 is 0 Å². The molecule has 13 rings (SSSR count). The topological polar surface area (TPSA) is 6.48 Å². The first-order valence-corrected chi connectivity index (χ1v) is 28.5. The van der Waals surface area contributed by atoms with Crippen molar-refractivity contribution >= 4 is 93.8 Å². The van der Waals surface area contributed by atoms with Gasteiger partial charge in [0.25, 0.3) is 6.71 Å². The van der Waals surface area contributed by atoms with E-state index in [0.717, 1.165) is 6.42 Å². The molecule has 0 radical (unpaired) electrons. The lowest BCUT2D eigenvalue weighted by Crippen LogP contribution is -2.62. The molecule has 6 aliphatic rings. The maximum Gasteiger partial charge on any atom is 0.264 e. The van der Waals surface area contributed by atoms with Gasteiger partial charge in [0, 0.05) is 37.6 Å². The third-order valence-electron chi connectivity index (χ3n) is 19.9. The average molecular weight is 965 g/mol. The van der Waals surface area contributed by atoms with Gasteiger partial charge in [-0.3, -0.25) is 0 Å². The first-order valence-electron chi connectivity index (χ1n) is 27.7. The van der Waals surface area contributed by atoms with Crippen LogP contribution in [0.4, 0.5) is 28.4 Å². The maximum atomic E-state index is 2.89. The average Bonchev–Trinajstić information content (AvgIpc) is 3.69. The summed E-state index contributed by atoms with van der Waals surface area (Å²) in [6.07, 6.45) is 13.5. The van der Waals surface area contributed by atoms with Crippen LogP contribution in [0.1, 0.15) is 177 Å². The van der Waals surface area contributed by atoms with E-state index in [1.54, 1.807) is 27.8 Å². The smallest absolute Gasteiger partial charge is 0.264 e. The Morgan fingerprint density at radius 2 is 1.10 bits per heavy atom. The van der Waals surface area contributed by atoms with Crippen molar-refractivity contribution in [1.82, 2.24) is 0 Å². The van der Waals surface area contributed by atoms with Crippen LogP contribution in [0.2, 0.25) is 0 Å². The zero-order valence-electron chi connectivity index (χ0n) is 46.2. The van der Waals surface area contributed by atoms with Crippen LogP contribution in [0.25, 0.3) is 31.6 Å². The quantitative estimate of drug-likeness (QED) is 0.126. The highest BCUT2D eigenvalue weighted by Gasteiger charge is 2.51. The lowest BCUT2D eigenvalue weighted by molar-refractivity contribution is 0.256. The van der Waals surface area contributed by atoms with Gasteiger partial charge in [-0.1, -0.05) is 158 Å². The number of allylic oxidation sites excluding steroid dienone is 2. The second-order valence-electron chi connectivity index (χ2n) is 28.5. The Bertz CT molecular complexity index is 3580. The fourth-order valence-corrected chi connectivity index (χ4v) is 16.2. The molecule has 7 aromatic rings. The lowest BCUT2D eigenvalue weighted by Gasteiger charge is -2.51. The molecule has 1 atom stereocenters. The third kappa shape index (κ3) is 6.71. The Labute approximate surface area is 436 Å². The summed E-state index contributed by atoms with van der Waals surface area (Å²) in [5.41, 5.74) is 21.2. The Morgan fingerprint density at radius 1 is 0.542 bits per heavy atom. The summed E-state index contributed by atoms with van der Waals surface area (Å²) in [6, 6.07) is 37.3. The summed E-state index contributed by atoms with van der Waals surface area (Å²) in [4.78, 5) is 5.65. The Kier molecular flexibility index (Phi) is 9.62. The van der Waals surface area contributed by atoms with Crippen LogP contribution in [0.15, 0.2) is 114 Å². The number of thiophene rings is 1. The molecule has 1 aromatic heterocycles. The predicted octanol–water partition coefficient (Wildman–Crippen LogP) is 17.4. The summed E-state index contributed by atoms with van der Waals surface area (Å²) >= 11 is 2.10. The summed E-state index contributed by atoms with van der Waals surface area (Å²) in [6.45, 7) is 37.5. The molecule has 0 spiro atoms. The van der Waals surface area contributed by atoms with E-state index in [4.69, 9.17) is 0 Å². The van der Waals surface area contributed by atoms with Crippen molar-refractivity contribution in [2.45, 2.75) is 182 Å². The van der Waals surface area contributed by atoms with E-state index >= 15 is 0 Å². The van der Waals surface area contributed by atoms with Gasteiger partial charge in [0.1, 0.15) is 0 Å². The number of fused-ring (bicyclic) bond motifs is 10. The van der Waals surface area contributed by atoms with E-state index in [0.29, 0.717) is 0 Å². The van der Waals surface area contributed by atoms with E-state index in [1.165, 1.54) is 125 Å². The number of rotatable bonds is 2. The van der Waals surface area contributed by atoms with Gasteiger partial charge in [0.05, 0.1) is 11.7 Å². The van der Waals surface area contributed by atoms with E-state index in [-0.39, 0.29) is 50.7 Å². The van der Waals surface area contributed by atoms with Crippen LogP contribution >= 0.6 is 11.3 Å². The van der Waals surface area contributed by atoms with E-state index < -0.39 is 0 Å². The van der Waals surface area contributed by atoms with Gasteiger partial charge in [0.15, 0.2) is 0 Å². The molecule has 2 nitrogen and oxygen atoms in total. The lowest BCUT2D eigenvalue weighted by atomic mass is 9.35. The largest absolute Gasteiger partial charge is 0.335 e. The molecule has 0 N–H and O–H groups in total.